The van der Waals surface area contributed by atoms with Crippen LogP contribution in [0.15, 0.2) is 109 Å². The summed E-state index contributed by atoms with van der Waals surface area (Å²) in [5, 5.41) is 9.91. The number of rotatable bonds is 13. The van der Waals surface area contributed by atoms with Crippen molar-refractivity contribution in [3.05, 3.63) is 142 Å². The van der Waals surface area contributed by atoms with E-state index in [-0.39, 0.29) is 36.4 Å². The molecule has 10 nitrogen and oxygen atoms in total. The number of anilines is 1. The van der Waals surface area contributed by atoms with E-state index >= 15 is 0 Å². The molecule has 4 aromatic carbocycles. The summed E-state index contributed by atoms with van der Waals surface area (Å²) in [6.45, 7) is 0.0543. The molecule has 0 radical (unpaired) electrons. The second-order valence-electron chi connectivity index (χ2n) is 11.5. The molecular formula is C38H35ClFN5O5. The van der Waals surface area contributed by atoms with Gasteiger partial charge in [-0.25, -0.2) is 19.0 Å². The molecule has 1 aromatic heterocycles. The van der Waals surface area contributed by atoms with Gasteiger partial charge in [0.05, 0.1) is 11.1 Å². The number of urea groups is 1. The van der Waals surface area contributed by atoms with Gasteiger partial charge in [0, 0.05) is 48.4 Å². The number of hydrogen-bond donors (Lipinski definition) is 3. The molecule has 0 bridgehead atoms. The number of fused-ring (bicyclic) bond motifs is 1. The minimum atomic E-state index is -0.753. The van der Waals surface area contributed by atoms with Crippen molar-refractivity contribution in [3.8, 4) is 0 Å². The molecule has 1 heterocycles. The topological polar surface area (TPSA) is 130 Å². The van der Waals surface area contributed by atoms with Crippen molar-refractivity contribution in [1.82, 2.24) is 20.5 Å². The molecule has 1 atom stereocenters. The Hall–Kier alpha value is -5.81. The van der Waals surface area contributed by atoms with Gasteiger partial charge in [-0.05, 0) is 48.1 Å². The SMILES string of the molecule is CN(C(=O)NCc1cccc(F)c1Cl)[C@@H](CCCNC(=O)c1cccc(C(=O)c2ccccc2)c1)COC(=O)Nc1cc2ccccc2cn1. The van der Waals surface area contributed by atoms with Crippen LogP contribution in [0.3, 0.4) is 0 Å². The van der Waals surface area contributed by atoms with Gasteiger partial charge >= 0.3 is 12.1 Å². The highest BCUT2D eigenvalue weighted by Crippen LogP contribution is 2.20. The minimum absolute atomic E-state index is 0.0244. The predicted octanol–water partition coefficient (Wildman–Crippen LogP) is 7.23. The maximum absolute atomic E-state index is 13.9. The fourth-order valence-electron chi connectivity index (χ4n) is 5.20. The number of halogens is 2. The van der Waals surface area contributed by atoms with Crippen LogP contribution in [0.25, 0.3) is 10.8 Å². The highest BCUT2D eigenvalue weighted by molar-refractivity contribution is 6.31. The molecule has 12 heteroatoms. The third kappa shape index (κ3) is 9.42. The lowest BCUT2D eigenvalue weighted by molar-refractivity contribution is 0.0948. The van der Waals surface area contributed by atoms with Gasteiger partial charge in [-0.15, -0.1) is 0 Å². The van der Waals surface area contributed by atoms with Crippen LogP contribution in [0.1, 0.15) is 44.7 Å². The van der Waals surface area contributed by atoms with Crippen molar-refractivity contribution in [3.63, 3.8) is 0 Å². The number of ether oxygens (including phenoxy) is 1. The van der Waals surface area contributed by atoms with E-state index < -0.39 is 24.0 Å². The third-order valence-electron chi connectivity index (χ3n) is 8.02. The summed E-state index contributed by atoms with van der Waals surface area (Å²) in [6, 6.07) is 27.8. The van der Waals surface area contributed by atoms with Gasteiger partial charge in [0.2, 0.25) is 0 Å². The maximum atomic E-state index is 13.9. The molecule has 0 aliphatic rings. The second kappa shape index (κ2) is 17.0. The second-order valence-corrected chi connectivity index (χ2v) is 11.8. The van der Waals surface area contributed by atoms with E-state index in [0.29, 0.717) is 40.9 Å². The lowest BCUT2D eigenvalue weighted by Gasteiger charge is -2.28. The first-order chi connectivity index (χ1) is 24.2. The molecule has 256 valence electrons. The van der Waals surface area contributed by atoms with Gasteiger partial charge in [0.15, 0.2) is 5.78 Å². The number of pyridine rings is 1. The van der Waals surface area contributed by atoms with Gasteiger partial charge in [0.1, 0.15) is 18.2 Å². The predicted molar refractivity (Wildman–Crippen MR) is 190 cm³/mol. The van der Waals surface area contributed by atoms with Crippen molar-refractivity contribution in [2.75, 3.05) is 25.5 Å². The summed E-state index contributed by atoms with van der Waals surface area (Å²) in [7, 11) is 1.55. The normalized spacial score (nSPS) is 11.3. The van der Waals surface area contributed by atoms with Crippen molar-refractivity contribution in [1.29, 1.82) is 0 Å². The maximum Gasteiger partial charge on any atom is 0.412 e. The van der Waals surface area contributed by atoms with Crippen LogP contribution in [0.5, 0.6) is 0 Å². The minimum Gasteiger partial charge on any atom is -0.447 e. The Morgan fingerprint density at radius 2 is 1.54 bits per heavy atom. The molecular weight excluding hydrogens is 661 g/mol. The fraction of sp³-hybridized carbons (Fsp3) is 0.184. The van der Waals surface area contributed by atoms with Crippen molar-refractivity contribution < 1.29 is 28.3 Å². The average molecular weight is 696 g/mol. The van der Waals surface area contributed by atoms with Gasteiger partial charge in [-0.1, -0.05) is 90.5 Å². The Kier molecular flexibility index (Phi) is 12.1. The van der Waals surface area contributed by atoms with Gasteiger partial charge in [-0.3, -0.25) is 14.9 Å². The number of ketones is 1. The monoisotopic (exact) mass is 695 g/mol. The summed E-state index contributed by atoms with van der Waals surface area (Å²) < 4.78 is 19.4. The Labute approximate surface area is 293 Å². The van der Waals surface area contributed by atoms with Crippen LogP contribution in [-0.4, -0.2) is 59.9 Å². The highest BCUT2D eigenvalue weighted by atomic mass is 35.5. The van der Waals surface area contributed by atoms with Gasteiger partial charge < -0.3 is 20.3 Å². The summed E-state index contributed by atoms with van der Waals surface area (Å²) in [5.41, 5.74) is 1.65. The van der Waals surface area contributed by atoms with E-state index in [2.05, 4.69) is 20.9 Å². The lowest BCUT2D eigenvalue weighted by atomic mass is 10.0. The molecule has 5 aromatic rings. The molecule has 4 amide bonds. The zero-order valence-electron chi connectivity index (χ0n) is 27.2. The average Bonchev–Trinajstić information content (AvgIpc) is 3.14. The smallest absolute Gasteiger partial charge is 0.412 e. The number of likely N-dealkylation sites (N-methyl/N-ethyl adjacent to an activating group) is 1. The largest absolute Gasteiger partial charge is 0.447 e. The first-order valence-electron chi connectivity index (χ1n) is 15.9. The number of nitrogens with zero attached hydrogens (tertiary/aromatic N) is 2. The Morgan fingerprint density at radius 1 is 0.840 bits per heavy atom. The van der Waals surface area contributed by atoms with E-state index in [0.717, 1.165) is 10.8 Å². The number of aromatic nitrogens is 1. The molecule has 0 saturated carbocycles. The number of carbonyl (C=O) groups excluding carboxylic acids is 4. The van der Waals surface area contributed by atoms with Crippen LogP contribution in [-0.2, 0) is 11.3 Å². The number of nitrogens with one attached hydrogen (secondary N) is 3. The van der Waals surface area contributed by atoms with Crippen molar-refractivity contribution in [2.45, 2.75) is 25.4 Å². The third-order valence-corrected chi connectivity index (χ3v) is 8.44. The number of carbonyl (C=O) groups is 4. The first-order valence-corrected chi connectivity index (χ1v) is 16.3. The van der Waals surface area contributed by atoms with E-state index in [1.54, 1.807) is 73.9 Å². The summed E-state index contributed by atoms with van der Waals surface area (Å²) >= 11 is 6.05. The number of hydrogen-bond acceptors (Lipinski definition) is 6. The van der Waals surface area contributed by atoms with Crippen molar-refractivity contribution >= 4 is 52.0 Å². The molecule has 0 saturated heterocycles. The van der Waals surface area contributed by atoms with Crippen LogP contribution < -0.4 is 16.0 Å². The Morgan fingerprint density at radius 3 is 2.34 bits per heavy atom. The molecule has 0 aliphatic carbocycles. The quantitative estimate of drug-likeness (QED) is 0.0881. The zero-order valence-corrected chi connectivity index (χ0v) is 28.0. The Bertz CT molecular complexity index is 1990. The van der Waals surface area contributed by atoms with Crippen LogP contribution in [0.2, 0.25) is 5.02 Å². The van der Waals surface area contributed by atoms with Crippen molar-refractivity contribution in [2.24, 2.45) is 0 Å². The van der Waals surface area contributed by atoms with E-state index in [1.165, 1.54) is 17.0 Å². The number of amides is 4. The van der Waals surface area contributed by atoms with Crippen LogP contribution >= 0.6 is 11.6 Å². The standard InChI is InChI=1S/C38H35ClFN5O5/c1-45(37(48)43-23-30-16-8-18-32(40)34(30)39)31(24-50-38(49)44-33-21-26-12-5-6-13-29(26)22-42-33)17-9-19-41-36(47)28-15-7-14-27(20-28)35(46)25-10-3-2-4-11-25/h2-8,10-16,18,20-22,31H,9,17,19,23-24H2,1H3,(H,41,47)(H,43,48)(H,42,44,49)/t31-/m0/s1. The van der Waals surface area contributed by atoms with Gasteiger partial charge in [0.25, 0.3) is 5.91 Å². The number of benzene rings is 4. The molecule has 0 fully saturated rings. The zero-order chi connectivity index (χ0) is 35.5. The Balaban J connectivity index is 1.19. The molecule has 0 spiro atoms. The van der Waals surface area contributed by atoms with Crippen LogP contribution in [0.4, 0.5) is 19.8 Å². The summed E-state index contributed by atoms with van der Waals surface area (Å²) in [4.78, 5) is 57.4. The lowest BCUT2D eigenvalue weighted by Crippen LogP contribution is -2.46. The van der Waals surface area contributed by atoms with E-state index in [9.17, 15) is 23.6 Å². The summed E-state index contributed by atoms with van der Waals surface area (Å²) in [6.07, 6.45) is 1.65. The molecule has 50 heavy (non-hydrogen) atoms. The highest BCUT2D eigenvalue weighted by Gasteiger charge is 2.22. The van der Waals surface area contributed by atoms with Gasteiger partial charge in [-0.2, -0.15) is 0 Å². The molecule has 3 N–H and O–H groups in total. The molecule has 5 rings (SSSR count). The first kappa shape index (κ1) is 35.5. The summed E-state index contributed by atoms with van der Waals surface area (Å²) in [5.74, 6) is -0.840. The fourth-order valence-corrected chi connectivity index (χ4v) is 5.39. The molecule has 0 aliphatic heterocycles. The molecule has 0 unspecified atom stereocenters. The van der Waals surface area contributed by atoms with E-state index in [4.69, 9.17) is 16.3 Å². The van der Waals surface area contributed by atoms with E-state index in [1.807, 2.05) is 30.3 Å². The van der Waals surface area contributed by atoms with Crippen LogP contribution in [0, 0.1) is 5.82 Å².